The summed E-state index contributed by atoms with van der Waals surface area (Å²) in [6.45, 7) is 2.00. The molecule has 90 valence electrons. The molecule has 0 aliphatic rings. The Hall–Kier alpha value is -0.830. The summed E-state index contributed by atoms with van der Waals surface area (Å²) in [5.74, 6) is 0. The lowest BCUT2D eigenvalue weighted by Crippen LogP contribution is -2.01. The van der Waals surface area contributed by atoms with E-state index in [1.54, 1.807) is 11.3 Å². The molecule has 2 rings (SSSR count). The van der Waals surface area contributed by atoms with Crippen molar-refractivity contribution in [2.75, 3.05) is 0 Å². The lowest BCUT2D eigenvalue weighted by Gasteiger charge is -2.13. The van der Waals surface area contributed by atoms with Crippen LogP contribution in [-0.2, 0) is 6.42 Å². The van der Waals surface area contributed by atoms with Crippen LogP contribution in [0, 0.1) is 6.92 Å². The Morgan fingerprint density at radius 2 is 2.18 bits per heavy atom. The molecule has 0 amide bonds. The van der Waals surface area contributed by atoms with Gasteiger partial charge in [-0.3, -0.25) is 0 Å². The van der Waals surface area contributed by atoms with Crippen molar-refractivity contribution in [1.29, 1.82) is 0 Å². The summed E-state index contributed by atoms with van der Waals surface area (Å²) >= 11 is 7.64. The number of rotatable bonds is 4. The Labute approximate surface area is 111 Å². The van der Waals surface area contributed by atoms with Crippen LogP contribution in [0.4, 0.5) is 0 Å². The van der Waals surface area contributed by atoms with E-state index in [2.05, 4.69) is 16.8 Å². The molecule has 0 spiro atoms. The molecule has 0 saturated carbocycles. The van der Waals surface area contributed by atoms with Gasteiger partial charge in [0.1, 0.15) is 0 Å². The van der Waals surface area contributed by atoms with Crippen LogP contribution in [0.15, 0.2) is 35.0 Å². The van der Waals surface area contributed by atoms with E-state index in [0.29, 0.717) is 5.02 Å². The molecule has 1 aromatic heterocycles. The molecule has 1 N–H and O–H groups in total. The molecule has 1 atom stereocenters. The van der Waals surface area contributed by atoms with Gasteiger partial charge < -0.3 is 5.11 Å². The van der Waals surface area contributed by atoms with Gasteiger partial charge in [-0.25, -0.2) is 0 Å². The van der Waals surface area contributed by atoms with Gasteiger partial charge in [0.05, 0.1) is 6.10 Å². The van der Waals surface area contributed by atoms with Crippen LogP contribution in [0.1, 0.15) is 29.2 Å². The molecule has 0 bridgehead atoms. The van der Waals surface area contributed by atoms with E-state index in [0.717, 1.165) is 24.0 Å². The highest BCUT2D eigenvalue weighted by Gasteiger charge is 2.11. The van der Waals surface area contributed by atoms with Gasteiger partial charge in [0.25, 0.3) is 0 Å². The number of hydrogen-bond donors (Lipinski definition) is 1. The Bertz CT molecular complexity index is 479. The Balaban J connectivity index is 2.04. The first-order valence-electron chi connectivity index (χ1n) is 5.62. The average Bonchev–Trinajstić information content (AvgIpc) is 2.82. The van der Waals surface area contributed by atoms with Crippen molar-refractivity contribution in [1.82, 2.24) is 0 Å². The largest absolute Gasteiger partial charge is 0.388 e. The maximum Gasteiger partial charge on any atom is 0.0796 e. The van der Waals surface area contributed by atoms with E-state index in [1.807, 2.05) is 25.1 Å². The first-order chi connectivity index (χ1) is 8.16. The van der Waals surface area contributed by atoms with Crippen LogP contribution in [0.5, 0.6) is 0 Å². The average molecular weight is 267 g/mol. The molecule has 0 fully saturated rings. The van der Waals surface area contributed by atoms with Crippen LogP contribution >= 0.6 is 22.9 Å². The van der Waals surface area contributed by atoms with Gasteiger partial charge in [-0.05, 0) is 65.4 Å². The first kappa shape index (κ1) is 12.6. The third kappa shape index (κ3) is 3.32. The number of halogens is 1. The third-order valence-corrected chi connectivity index (χ3v) is 3.85. The number of aryl methyl sites for hydroxylation is 2. The van der Waals surface area contributed by atoms with Crippen molar-refractivity contribution in [3.05, 3.63) is 56.7 Å². The van der Waals surface area contributed by atoms with E-state index >= 15 is 0 Å². The molecular formula is C14H15ClOS. The first-order valence-corrected chi connectivity index (χ1v) is 6.94. The van der Waals surface area contributed by atoms with E-state index in [4.69, 9.17) is 11.6 Å². The fourth-order valence-electron chi connectivity index (χ4n) is 1.86. The number of aliphatic hydroxyl groups is 1. The van der Waals surface area contributed by atoms with Crippen molar-refractivity contribution in [2.45, 2.75) is 25.9 Å². The van der Waals surface area contributed by atoms with E-state index in [1.165, 1.54) is 5.56 Å². The van der Waals surface area contributed by atoms with Crippen molar-refractivity contribution in [3.63, 3.8) is 0 Å². The summed E-state index contributed by atoms with van der Waals surface area (Å²) in [7, 11) is 0. The molecule has 0 aliphatic heterocycles. The number of hydrogen-bond acceptors (Lipinski definition) is 2. The molecule has 17 heavy (non-hydrogen) atoms. The second-order valence-electron chi connectivity index (χ2n) is 4.19. The Morgan fingerprint density at radius 3 is 2.88 bits per heavy atom. The van der Waals surface area contributed by atoms with Gasteiger partial charge in [0.2, 0.25) is 0 Å². The Kier molecular flexibility index (Phi) is 4.21. The zero-order valence-corrected chi connectivity index (χ0v) is 11.3. The van der Waals surface area contributed by atoms with Crippen LogP contribution in [-0.4, -0.2) is 5.11 Å². The van der Waals surface area contributed by atoms with Crippen molar-refractivity contribution in [3.8, 4) is 0 Å². The number of thiophene rings is 1. The molecule has 1 unspecified atom stereocenters. The van der Waals surface area contributed by atoms with Gasteiger partial charge in [0, 0.05) is 5.02 Å². The minimum Gasteiger partial charge on any atom is -0.388 e. The summed E-state index contributed by atoms with van der Waals surface area (Å²) in [5, 5.41) is 15.0. The monoisotopic (exact) mass is 266 g/mol. The van der Waals surface area contributed by atoms with Crippen molar-refractivity contribution in [2.24, 2.45) is 0 Å². The molecule has 0 radical (unpaired) electrons. The number of benzene rings is 1. The molecule has 2 aromatic rings. The predicted molar refractivity (Wildman–Crippen MR) is 73.8 cm³/mol. The highest BCUT2D eigenvalue weighted by molar-refractivity contribution is 7.07. The summed E-state index contributed by atoms with van der Waals surface area (Å²) in [4.78, 5) is 0. The van der Waals surface area contributed by atoms with Gasteiger partial charge in [-0.1, -0.05) is 17.7 Å². The van der Waals surface area contributed by atoms with E-state index in [9.17, 15) is 5.11 Å². The summed E-state index contributed by atoms with van der Waals surface area (Å²) in [6, 6.07) is 7.76. The van der Waals surface area contributed by atoms with E-state index in [-0.39, 0.29) is 0 Å². The molecular weight excluding hydrogens is 252 g/mol. The van der Waals surface area contributed by atoms with Gasteiger partial charge in [-0.2, -0.15) is 11.3 Å². The van der Waals surface area contributed by atoms with Crippen molar-refractivity contribution >= 4 is 22.9 Å². The number of aliphatic hydroxyl groups excluding tert-OH is 1. The van der Waals surface area contributed by atoms with Crippen molar-refractivity contribution < 1.29 is 5.11 Å². The fourth-order valence-corrected chi connectivity index (χ4v) is 2.75. The van der Waals surface area contributed by atoms with Crippen LogP contribution in [0.25, 0.3) is 0 Å². The molecule has 1 heterocycles. The molecule has 1 aromatic carbocycles. The van der Waals surface area contributed by atoms with Gasteiger partial charge in [0.15, 0.2) is 0 Å². The molecule has 0 aliphatic carbocycles. The third-order valence-electron chi connectivity index (χ3n) is 2.89. The topological polar surface area (TPSA) is 20.2 Å². The van der Waals surface area contributed by atoms with Crippen LogP contribution in [0.2, 0.25) is 5.02 Å². The summed E-state index contributed by atoms with van der Waals surface area (Å²) in [5.41, 5.74) is 3.31. The second-order valence-corrected chi connectivity index (χ2v) is 5.40. The second kappa shape index (κ2) is 5.67. The normalized spacial score (nSPS) is 12.6. The van der Waals surface area contributed by atoms with Gasteiger partial charge >= 0.3 is 0 Å². The van der Waals surface area contributed by atoms with Crippen LogP contribution < -0.4 is 0 Å². The smallest absolute Gasteiger partial charge is 0.0796 e. The highest BCUT2D eigenvalue weighted by Crippen LogP contribution is 2.25. The molecule has 0 saturated heterocycles. The van der Waals surface area contributed by atoms with E-state index < -0.39 is 6.10 Å². The van der Waals surface area contributed by atoms with Gasteiger partial charge in [-0.15, -0.1) is 0 Å². The fraction of sp³-hybridized carbons (Fsp3) is 0.286. The zero-order valence-electron chi connectivity index (χ0n) is 9.69. The standard InChI is InChI=1S/C14H15ClOS/c1-10-2-4-12(15)8-13(10)14(16)5-3-11-6-7-17-9-11/h2,4,6-9,14,16H,3,5H2,1H3. The zero-order chi connectivity index (χ0) is 12.3. The quantitative estimate of drug-likeness (QED) is 0.871. The minimum atomic E-state index is -0.436. The maximum atomic E-state index is 10.2. The predicted octanol–water partition coefficient (Wildman–Crippen LogP) is 4.38. The lowest BCUT2D eigenvalue weighted by atomic mass is 9.99. The lowest BCUT2D eigenvalue weighted by molar-refractivity contribution is 0.167. The molecule has 3 heteroatoms. The SMILES string of the molecule is Cc1ccc(Cl)cc1C(O)CCc1ccsc1. The molecule has 1 nitrogen and oxygen atoms in total. The summed E-state index contributed by atoms with van der Waals surface area (Å²) in [6.07, 6.45) is 1.20. The van der Waals surface area contributed by atoms with Crippen LogP contribution in [0.3, 0.4) is 0 Å². The maximum absolute atomic E-state index is 10.2. The minimum absolute atomic E-state index is 0.436. The highest BCUT2D eigenvalue weighted by atomic mass is 35.5. The summed E-state index contributed by atoms with van der Waals surface area (Å²) < 4.78 is 0. The Morgan fingerprint density at radius 1 is 1.35 bits per heavy atom.